The number of methoxy groups -OCH3 is 1. The molecule has 3 aliphatic heterocycles. The second-order valence-electron chi connectivity index (χ2n) is 7.75. The molecule has 29 heavy (non-hydrogen) atoms. The Hall–Kier alpha value is -2.60. The van der Waals surface area contributed by atoms with E-state index < -0.39 is 12.3 Å². The van der Waals surface area contributed by atoms with Crippen molar-refractivity contribution in [1.29, 1.82) is 0 Å². The minimum atomic E-state index is -0.631. The lowest BCUT2D eigenvalue weighted by Crippen LogP contribution is -2.55. The Morgan fingerprint density at radius 1 is 1.41 bits per heavy atom. The van der Waals surface area contributed by atoms with Gasteiger partial charge in [0.15, 0.2) is 0 Å². The van der Waals surface area contributed by atoms with E-state index in [1.165, 1.54) is 0 Å². The van der Waals surface area contributed by atoms with Crippen molar-refractivity contribution >= 4 is 17.1 Å². The lowest BCUT2D eigenvalue weighted by atomic mass is 9.73. The zero-order valence-electron chi connectivity index (χ0n) is 17.0. The number of rotatable bonds is 6. The molecule has 154 valence electrons. The molecular weight excluding hydrogens is 368 g/mol. The Morgan fingerprint density at radius 3 is 2.97 bits per heavy atom. The lowest BCUT2D eigenvalue weighted by Gasteiger charge is -2.51. The Bertz CT molecular complexity index is 900. The molecule has 6 heteroatoms. The molecule has 1 aromatic heterocycles. The number of aromatic nitrogens is 1. The van der Waals surface area contributed by atoms with E-state index in [0.29, 0.717) is 11.8 Å². The minimum Gasteiger partial charge on any atom is -0.497 e. The van der Waals surface area contributed by atoms with Crippen LogP contribution in [0.5, 0.6) is 5.75 Å². The second-order valence-corrected chi connectivity index (χ2v) is 7.75. The molecular formula is C23H28N2O4. The van der Waals surface area contributed by atoms with E-state index in [1.54, 1.807) is 20.2 Å². The Kier molecular flexibility index (Phi) is 5.72. The molecule has 0 saturated carbocycles. The van der Waals surface area contributed by atoms with Crippen molar-refractivity contribution in [3.63, 3.8) is 0 Å². The maximum atomic E-state index is 12.3. The van der Waals surface area contributed by atoms with E-state index in [1.807, 2.05) is 24.3 Å². The van der Waals surface area contributed by atoms with Crippen LogP contribution in [0.15, 0.2) is 43.1 Å². The van der Waals surface area contributed by atoms with E-state index in [4.69, 9.17) is 14.2 Å². The number of carbonyl (C=O) groups is 1. The number of piperidine rings is 3. The highest BCUT2D eigenvalue weighted by Crippen LogP contribution is 2.43. The van der Waals surface area contributed by atoms with E-state index >= 15 is 0 Å². The summed E-state index contributed by atoms with van der Waals surface area (Å²) < 4.78 is 16.5. The lowest BCUT2D eigenvalue weighted by molar-refractivity contribution is -0.0652. The largest absolute Gasteiger partial charge is 0.508 e. The Labute approximate surface area is 171 Å². The van der Waals surface area contributed by atoms with Gasteiger partial charge in [-0.05, 0) is 62.4 Å². The van der Waals surface area contributed by atoms with Gasteiger partial charge in [-0.1, -0.05) is 6.08 Å². The van der Waals surface area contributed by atoms with Gasteiger partial charge in [-0.25, -0.2) is 4.79 Å². The standard InChI is InChI=1S/C23H28N2O4/c1-4-15-14-25-11-9-16(15)12-21(25)22(29-23(26)28-5-2)18-8-10-24-20-7-6-17(27-3)13-19(18)20/h4,6-8,10,13,15-16,21-22H,1,5,9,11-12,14H2,2-3H3/t15-,16+,21-,22+/m0/s1. The van der Waals surface area contributed by atoms with Gasteiger partial charge in [0.2, 0.25) is 0 Å². The third kappa shape index (κ3) is 3.81. The van der Waals surface area contributed by atoms with Gasteiger partial charge in [-0.3, -0.25) is 9.88 Å². The first-order valence-corrected chi connectivity index (χ1v) is 10.3. The van der Waals surface area contributed by atoms with Crippen molar-refractivity contribution in [3.05, 3.63) is 48.7 Å². The number of hydrogen-bond acceptors (Lipinski definition) is 6. The van der Waals surface area contributed by atoms with Gasteiger partial charge in [-0.15, -0.1) is 6.58 Å². The fourth-order valence-electron chi connectivity index (χ4n) is 4.82. The SMILES string of the molecule is C=C[C@H]1CN2CC[C@@H]1C[C@H]2[C@H](OC(=O)OCC)c1ccnc2ccc(OC)cc12. The maximum Gasteiger partial charge on any atom is 0.508 e. The average molecular weight is 396 g/mol. The molecule has 2 aromatic rings. The summed E-state index contributed by atoms with van der Waals surface area (Å²) in [6.07, 6.45) is 4.91. The molecule has 0 radical (unpaired) electrons. The molecule has 3 aliphatic rings. The van der Waals surface area contributed by atoms with Crippen molar-refractivity contribution in [2.75, 3.05) is 26.8 Å². The van der Waals surface area contributed by atoms with Crippen LogP contribution in [-0.4, -0.2) is 48.9 Å². The summed E-state index contributed by atoms with van der Waals surface area (Å²) >= 11 is 0. The van der Waals surface area contributed by atoms with Crippen LogP contribution in [0, 0.1) is 11.8 Å². The van der Waals surface area contributed by atoms with E-state index in [-0.39, 0.29) is 12.6 Å². The van der Waals surface area contributed by atoms with Crippen LogP contribution in [0.25, 0.3) is 10.9 Å². The van der Waals surface area contributed by atoms with E-state index in [9.17, 15) is 4.79 Å². The first kappa shape index (κ1) is 19.7. The number of carbonyl (C=O) groups excluding carboxylic acids is 1. The maximum absolute atomic E-state index is 12.3. The number of benzene rings is 1. The number of ether oxygens (including phenoxy) is 3. The summed E-state index contributed by atoms with van der Waals surface area (Å²) in [4.78, 5) is 19.2. The number of fused-ring (bicyclic) bond motifs is 4. The van der Waals surface area contributed by atoms with Crippen molar-refractivity contribution < 1.29 is 19.0 Å². The average Bonchev–Trinajstić information content (AvgIpc) is 2.77. The van der Waals surface area contributed by atoms with Gasteiger partial charge in [0, 0.05) is 23.7 Å². The molecule has 4 heterocycles. The molecule has 0 spiro atoms. The van der Waals surface area contributed by atoms with Gasteiger partial charge < -0.3 is 14.2 Å². The van der Waals surface area contributed by atoms with Crippen molar-refractivity contribution in [2.24, 2.45) is 11.8 Å². The van der Waals surface area contributed by atoms with Crippen LogP contribution in [0.2, 0.25) is 0 Å². The van der Waals surface area contributed by atoms with Crippen LogP contribution in [0.4, 0.5) is 4.79 Å². The van der Waals surface area contributed by atoms with Gasteiger partial charge in [0.05, 0.1) is 25.3 Å². The third-order valence-electron chi connectivity index (χ3n) is 6.28. The molecule has 3 saturated heterocycles. The van der Waals surface area contributed by atoms with Gasteiger partial charge in [0.25, 0.3) is 0 Å². The number of nitrogens with zero attached hydrogens (tertiary/aromatic N) is 2. The summed E-state index contributed by atoms with van der Waals surface area (Å²) in [6.45, 7) is 8.04. The number of hydrogen-bond donors (Lipinski definition) is 0. The molecule has 5 atom stereocenters. The smallest absolute Gasteiger partial charge is 0.497 e. The molecule has 0 N–H and O–H groups in total. The van der Waals surface area contributed by atoms with Gasteiger partial charge >= 0.3 is 6.16 Å². The predicted molar refractivity (Wildman–Crippen MR) is 111 cm³/mol. The first-order valence-electron chi connectivity index (χ1n) is 10.3. The van der Waals surface area contributed by atoms with Crippen molar-refractivity contribution in [1.82, 2.24) is 9.88 Å². The van der Waals surface area contributed by atoms with E-state index in [2.05, 4.69) is 22.5 Å². The normalized spacial score (nSPS) is 26.7. The van der Waals surface area contributed by atoms with Crippen LogP contribution < -0.4 is 4.74 Å². The van der Waals surface area contributed by atoms with Crippen LogP contribution >= 0.6 is 0 Å². The van der Waals surface area contributed by atoms with Gasteiger partial charge in [0.1, 0.15) is 11.9 Å². The summed E-state index contributed by atoms with van der Waals surface area (Å²) in [5, 5.41) is 0.934. The topological polar surface area (TPSA) is 60.9 Å². The van der Waals surface area contributed by atoms with Crippen molar-refractivity contribution in [2.45, 2.75) is 31.9 Å². The highest BCUT2D eigenvalue weighted by molar-refractivity contribution is 5.84. The first-order chi connectivity index (χ1) is 14.1. The van der Waals surface area contributed by atoms with Crippen LogP contribution in [0.1, 0.15) is 31.4 Å². The minimum absolute atomic E-state index is 0.103. The highest BCUT2D eigenvalue weighted by Gasteiger charge is 2.44. The molecule has 0 aliphatic carbocycles. The zero-order valence-corrected chi connectivity index (χ0v) is 17.0. The summed E-state index contributed by atoms with van der Waals surface area (Å²) in [6, 6.07) is 7.83. The quantitative estimate of drug-likeness (QED) is 0.534. The molecule has 2 bridgehead atoms. The molecule has 6 nitrogen and oxygen atoms in total. The monoisotopic (exact) mass is 396 g/mol. The predicted octanol–water partition coefficient (Wildman–Crippen LogP) is 4.35. The summed E-state index contributed by atoms with van der Waals surface area (Å²) in [5.41, 5.74) is 1.79. The van der Waals surface area contributed by atoms with E-state index in [0.717, 1.165) is 48.1 Å². The Morgan fingerprint density at radius 2 is 2.28 bits per heavy atom. The molecule has 1 unspecified atom stereocenters. The highest BCUT2D eigenvalue weighted by atomic mass is 16.7. The molecule has 5 rings (SSSR count). The molecule has 3 fully saturated rings. The van der Waals surface area contributed by atoms with Crippen LogP contribution in [0.3, 0.4) is 0 Å². The second kappa shape index (κ2) is 8.41. The fraction of sp³-hybridized carbons (Fsp3) is 0.478. The van der Waals surface area contributed by atoms with Crippen molar-refractivity contribution in [3.8, 4) is 5.75 Å². The summed E-state index contributed by atoms with van der Waals surface area (Å²) in [5.74, 6) is 1.81. The Balaban J connectivity index is 1.75. The van der Waals surface area contributed by atoms with Gasteiger partial charge in [-0.2, -0.15) is 0 Å². The summed E-state index contributed by atoms with van der Waals surface area (Å²) in [7, 11) is 1.64. The number of pyridine rings is 1. The molecule has 0 amide bonds. The fourth-order valence-corrected chi connectivity index (χ4v) is 4.82. The zero-order chi connectivity index (χ0) is 20.4. The van der Waals surface area contributed by atoms with Crippen LogP contribution in [-0.2, 0) is 9.47 Å². The molecule has 1 aromatic carbocycles. The third-order valence-corrected chi connectivity index (χ3v) is 6.28.